The summed E-state index contributed by atoms with van der Waals surface area (Å²) in [6.45, 7) is 3.42. The van der Waals surface area contributed by atoms with Gasteiger partial charge in [-0.2, -0.15) is 0 Å². The predicted molar refractivity (Wildman–Crippen MR) is 79.2 cm³/mol. The molecule has 1 rings (SSSR count). The van der Waals surface area contributed by atoms with E-state index in [4.69, 9.17) is 0 Å². The Morgan fingerprint density at radius 3 is 2.61 bits per heavy atom. The van der Waals surface area contributed by atoms with Crippen LogP contribution in [0, 0.1) is 16.4 Å². The average Bonchev–Trinajstić information content (AvgIpc) is 2.21. The van der Waals surface area contributed by atoms with E-state index in [-0.39, 0.29) is 11.7 Å². The van der Waals surface area contributed by atoms with E-state index < -0.39 is 15.8 Å². The highest BCUT2D eigenvalue weighted by Crippen LogP contribution is 2.13. The standard InChI is InChI=1S/C11H15IN2O3S/c1-7(6-18(3,16)17)11(15)14-10-5-4-9(12)8(2)13-10/h4-5,7H,6H2,1-3H3,(H,13,14,15)/t7-/m1/s1. The second-order valence-electron chi connectivity index (χ2n) is 4.25. The van der Waals surface area contributed by atoms with E-state index in [0.717, 1.165) is 15.5 Å². The van der Waals surface area contributed by atoms with Crippen molar-refractivity contribution >= 4 is 44.2 Å². The number of aromatic nitrogens is 1. The van der Waals surface area contributed by atoms with E-state index in [0.29, 0.717) is 5.82 Å². The lowest BCUT2D eigenvalue weighted by molar-refractivity contribution is -0.118. The van der Waals surface area contributed by atoms with Crippen LogP contribution in [0.4, 0.5) is 5.82 Å². The maximum atomic E-state index is 11.8. The summed E-state index contributed by atoms with van der Waals surface area (Å²) >= 11 is 2.15. The maximum absolute atomic E-state index is 11.8. The van der Waals surface area contributed by atoms with Gasteiger partial charge in [-0.25, -0.2) is 13.4 Å². The molecule has 5 nitrogen and oxygen atoms in total. The molecule has 1 atom stereocenters. The minimum Gasteiger partial charge on any atom is -0.310 e. The second-order valence-corrected chi connectivity index (χ2v) is 7.59. The molecule has 0 aromatic carbocycles. The Morgan fingerprint density at radius 2 is 2.11 bits per heavy atom. The molecule has 1 heterocycles. The van der Waals surface area contributed by atoms with Crippen molar-refractivity contribution in [2.24, 2.45) is 5.92 Å². The molecule has 0 aliphatic rings. The van der Waals surface area contributed by atoms with E-state index in [9.17, 15) is 13.2 Å². The van der Waals surface area contributed by atoms with Crippen LogP contribution in [0.15, 0.2) is 12.1 Å². The summed E-state index contributed by atoms with van der Waals surface area (Å²) in [6.07, 6.45) is 1.12. The molecule has 0 radical (unpaired) electrons. The molecule has 0 unspecified atom stereocenters. The minimum absolute atomic E-state index is 0.165. The summed E-state index contributed by atoms with van der Waals surface area (Å²) in [5, 5.41) is 2.61. The van der Waals surface area contributed by atoms with Crippen molar-refractivity contribution in [3.05, 3.63) is 21.4 Å². The van der Waals surface area contributed by atoms with Crippen LogP contribution in [0.25, 0.3) is 0 Å². The highest BCUT2D eigenvalue weighted by atomic mass is 127. The van der Waals surface area contributed by atoms with Crippen molar-refractivity contribution in [1.82, 2.24) is 4.98 Å². The fraction of sp³-hybridized carbons (Fsp3) is 0.455. The molecule has 0 aliphatic heterocycles. The lowest BCUT2D eigenvalue weighted by Gasteiger charge is -2.11. The number of hydrogen-bond donors (Lipinski definition) is 1. The molecule has 1 aromatic heterocycles. The number of hydrogen-bond acceptors (Lipinski definition) is 4. The normalized spacial score (nSPS) is 13.1. The first-order chi connectivity index (χ1) is 8.19. The van der Waals surface area contributed by atoms with Crippen molar-refractivity contribution in [2.45, 2.75) is 13.8 Å². The number of anilines is 1. The van der Waals surface area contributed by atoms with Crippen LogP contribution < -0.4 is 5.32 Å². The molecule has 1 N–H and O–H groups in total. The number of halogens is 1. The van der Waals surface area contributed by atoms with Gasteiger partial charge in [-0.05, 0) is 41.6 Å². The minimum atomic E-state index is -3.16. The van der Waals surface area contributed by atoms with Crippen molar-refractivity contribution in [2.75, 3.05) is 17.3 Å². The number of carbonyl (C=O) groups excluding carboxylic acids is 1. The second kappa shape index (κ2) is 5.96. The molecule has 1 aromatic rings. The predicted octanol–water partition coefficient (Wildman–Crippen LogP) is 1.61. The summed E-state index contributed by atoms with van der Waals surface area (Å²) in [6, 6.07) is 3.54. The van der Waals surface area contributed by atoms with Gasteiger partial charge in [0, 0.05) is 15.7 Å². The number of carbonyl (C=O) groups is 1. The van der Waals surface area contributed by atoms with Crippen molar-refractivity contribution < 1.29 is 13.2 Å². The number of amides is 1. The number of pyridine rings is 1. The van der Waals surface area contributed by atoms with E-state index >= 15 is 0 Å². The van der Waals surface area contributed by atoms with Gasteiger partial charge >= 0.3 is 0 Å². The molecular weight excluding hydrogens is 367 g/mol. The Labute approximate surface area is 120 Å². The van der Waals surface area contributed by atoms with E-state index in [1.165, 1.54) is 0 Å². The number of sulfone groups is 1. The number of nitrogens with one attached hydrogen (secondary N) is 1. The zero-order valence-corrected chi connectivity index (χ0v) is 13.4. The van der Waals surface area contributed by atoms with E-state index in [1.807, 2.05) is 13.0 Å². The van der Waals surface area contributed by atoms with Gasteiger partial charge in [0.05, 0.1) is 11.4 Å². The summed E-state index contributed by atoms with van der Waals surface area (Å²) in [5.74, 6) is -0.657. The van der Waals surface area contributed by atoms with Crippen LogP contribution in [-0.2, 0) is 14.6 Å². The summed E-state index contributed by atoms with van der Waals surface area (Å²) in [7, 11) is -3.16. The first-order valence-corrected chi connectivity index (χ1v) is 8.44. The smallest absolute Gasteiger partial charge is 0.229 e. The van der Waals surface area contributed by atoms with Gasteiger partial charge < -0.3 is 5.32 Å². The highest BCUT2D eigenvalue weighted by molar-refractivity contribution is 14.1. The third-order valence-electron chi connectivity index (χ3n) is 2.27. The number of aryl methyl sites for hydroxylation is 1. The van der Waals surface area contributed by atoms with Gasteiger partial charge in [-0.1, -0.05) is 6.92 Å². The third-order valence-corrected chi connectivity index (χ3v) is 4.52. The molecule has 100 valence electrons. The summed E-state index contributed by atoms with van der Waals surface area (Å²) in [5.41, 5.74) is 0.823. The fourth-order valence-corrected chi connectivity index (χ4v) is 2.75. The van der Waals surface area contributed by atoms with Gasteiger partial charge in [0.15, 0.2) is 0 Å². The Kier molecular flexibility index (Phi) is 5.09. The van der Waals surface area contributed by atoms with E-state index in [2.05, 4.69) is 32.9 Å². The molecule has 0 bridgehead atoms. The zero-order chi connectivity index (χ0) is 13.9. The van der Waals surface area contributed by atoms with Crippen molar-refractivity contribution in [3.63, 3.8) is 0 Å². The van der Waals surface area contributed by atoms with Gasteiger partial charge in [0.25, 0.3) is 0 Å². The monoisotopic (exact) mass is 382 g/mol. The topological polar surface area (TPSA) is 76.1 Å². The summed E-state index contributed by atoms with van der Waals surface area (Å²) in [4.78, 5) is 16.0. The van der Waals surface area contributed by atoms with Crippen LogP contribution in [-0.4, -0.2) is 31.3 Å². The quantitative estimate of drug-likeness (QED) is 0.803. The highest BCUT2D eigenvalue weighted by Gasteiger charge is 2.18. The molecule has 7 heteroatoms. The van der Waals surface area contributed by atoms with Gasteiger partial charge in [-0.15, -0.1) is 0 Å². The van der Waals surface area contributed by atoms with Gasteiger partial charge in [0.1, 0.15) is 15.7 Å². The SMILES string of the molecule is Cc1nc(NC(=O)[C@H](C)CS(C)(=O)=O)ccc1I. The molecular formula is C11H15IN2O3S. The number of rotatable bonds is 4. The van der Waals surface area contributed by atoms with Crippen LogP contribution in [0.2, 0.25) is 0 Å². The Hall–Kier alpha value is -0.700. The van der Waals surface area contributed by atoms with E-state index in [1.54, 1.807) is 13.0 Å². The Bertz CT molecular complexity index is 557. The average molecular weight is 382 g/mol. The van der Waals surface area contributed by atoms with Crippen molar-refractivity contribution in [3.8, 4) is 0 Å². The first kappa shape index (κ1) is 15.4. The Morgan fingerprint density at radius 1 is 1.50 bits per heavy atom. The fourth-order valence-electron chi connectivity index (χ4n) is 1.39. The lowest BCUT2D eigenvalue weighted by atomic mass is 10.2. The van der Waals surface area contributed by atoms with Crippen LogP contribution in [0.5, 0.6) is 0 Å². The van der Waals surface area contributed by atoms with Gasteiger partial charge in [-0.3, -0.25) is 4.79 Å². The van der Waals surface area contributed by atoms with Crippen molar-refractivity contribution in [1.29, 1.82) is 0 Å². The maximum Gasteiger partial charge on any atom is 0.229 e. The largest absolute Gasteiger partial charge is 0.310 e. The molecule has 0 fully saturated rings. The molecule has 0 aliphatic carbocycles. The number of nitrogens with zero attached hydrogens (tertiary/aromatic N) is 1. The molecule has 0 spiro atoms. The molecule has 1 amide bonds. The molecule has 18 heavy (non-hydrogen) atoms. The third kappa shape index (κ3) is 4.89. The zero-order valence-electron chi connectivity index (χ0n) is 10.4. The molecule has 0 saturated heterocycles. The summed E-state index contributed by atoms with van der Waals surface area (Å²) < 4.78 is 23.2. The lowest BCUT2D eigenvalue weighted by Crippen LogP contribution is -2.27. The van der Waals surface area contributed by atoms with Crippen LogP contribution in [0.1, 0.15) is 12.6 Å². The Balaban J connectivity index is 2.72. The first-order valence-electron chi connectivity index (χ1n) is 5.31. The van der Waals surface area contributed by atoms with Gasteiger partial charge in [0.2, 0.25) is 5.91 Å². The molecule has 0 saturated carbocycles. The van der Waals surface area contributed by atoms with Crippen LogP contribution >= 0.6 is 22.6 Å². The van der Waals surface area contributed by atoms with Crippen LogP contribution in [0.3, 0.4) is 0 Å².